The summed E-state index contributed by atoms with van der Waals surface area (Å²) in [7, 11) is 2.87. The number of benzene rings is 2. The number of carbonyl (C=O) groups is 1. The van der Waals surface area contributed by atoms with Crippen LogP contribution in [0, 0.1) is 0 Å². The van der Waals surface area contributed by atoms with Crippen LogP contribution in [0.1, 0.15) is 10.4 Å². The normalized spacial score (nSPS) is 10.8. The Morgan fingerprint density at radius 3 is 2.43 bits per heavy atom. The second-order valence-electron chi connectivity index (χ2n) is 6.09. The van der Waals surface area contributed by atoms with E-state index in [-0.39, 0.29) is 11.1 Å². The van der Waals surface area contributed by atoms with E-state index in [9.17, 15) is 9.59 Å². The van der Waals surface area contributed by atoms with Crippen molar-refractivity contribution in [2.75, 3.05) is 14.2 Å². The van der Waals surface area contributed by atoms with Gasteiger partial charge in [-0.3, -0.25) is 4.79 Å². The van der Waals surface area contributed by atoms with Gasteiger partial charge in [0.1, 0.15) is 17.0 Å². The molecule has 0 N–H and O–H groups in total. The Kier molecular flexibility index (Phi) is 4.41. The van der Waals surface area contributed by atoms with Crippen LogP contribution in [0.4, 0.5) is 0 Å². The number of ether oxygens (including phenoxy) is 2. The first-order valence-electron chi connectivity index (χ1n) is 8.55. The lowest BCUT2D eigenvalue weighted by Crippen LogP contribution is -2.15. The number of methoxy groups -OCH3 is 2. The summed E-state index contributed by atoms with van der Waals surface area (Å²) in [6.45, 7) is 0. The van der Waals surface area contributed by atoms with Crippen molar-refractivity contribution in [1.82, 2.24) is 14.3 Å². The smallest absolute Gasteiger partial charge is 0.341 e. The van der Waals surface area contributed by atoms with E-state index in [1.54, 1.807) is 42.3 Å². The van der Waals surface area contributed by atoms with Crippen LogP contribution in [-0.4, -0.2) is 34.5 Å². The van der Waals surface area contributed by atoms with Crippen molar-refractivity contribution in [3.63, 3.8) is 0 Å². The molecule has 4 rings (SSSR count). The molecular weight excluding hydrogens is 358 g/mol. The van der Waals surface area contributed by atoms with Gasteiger partial charge in [0.25, 0.3) is 5.56 Å². The maximum atomic E-state index is 13.0. The minimum atomic E-state index is -0.569. The Morgan fingerprint density at radius 2 is 1.71 bits per heavy atom. The van der Waals surface area contributed by atoms with Gasteiger partial charge in [-0.1, -0.05) is 24.3 Å². The topological polar surface area (TPSA) is 75.3 Å². The highest BCUT2D eigenvalue weighted by Crippen LogP contribution is 2.26. The molecule has 2 aromatic rings. The molecule has 140 valence electrons. The van der Waals surface area contributed by atoms with E-state index >= 15 is 0 Å². The zero-order valence-electron chi connectivity index (χ0n) is 15.3. The molecule has 0 unspecified atom stereocenters. The van der Waals surface area contributed by atoms with Crippen molar-refractivity contribution in [1.29, 1.82) is 0 Å². The number of hydrogen-bond donors (Lipinski definition) is 0. The molecule has 28 heavy (non-hydrogen) atoms. The van der Waals surface area contributed by atoms with Crippen LogP contribution in [0.2, 0.25) is 0 Å². The summed E-state index contributed by atoms with van der Waals surface area (Å²) in [6.07, 6.45) is 3.26. The summed E-state index contributed by atoms with van der Waals surface area (Å²) in [5.74, 6) is 0.0898. The molecule has 0 bridgehead atoms. The SMILES string of the molecule is COC(=O)c1cn(-c2cccc(OC)c2)cc2c(=O)n(-c3ccccc3)nc1-2. The van der Waals surface area contributed by atoms with Crippen molar-refractivity contribution >= 4 is 5.97 Å². The predicted octanol–water partition coefficient (Wildman–Crippen LogP) is 2.92. The molecule has 7 nitrogen and oxygen atoms in total. The lowest BCUT2D eigenvalue weighted by atomic mass is 10.1. The van der Waals surface area contributed by atoms with Gasteiger partial charge in [-0.05, 0) is 24.3 Å². The van der Waals surface area contributed by atoms with Gasteiger partial charge in [0.05, 0.1) is 25.5 Å². The van der Waals surface area contributed by atoms with Gasteiger partial charge in [0, 0.05) is 24.1 Å². The van der Waals surface area contributed by atoms with Crippen LogP contribution in [0.15, 0.2) is 71.8 Å². The zero-order valence-corrected chi connectivity index (χ0v) is 15.3. The molecule has 0 atom stereocenters. The fourth-order valence-corrected chi connectivity index (χ4v) is 3.03. The second-order valence-corrected chi connectivity index (χ2v) is 6.09. The molecule has 2 aliphatic rings. The van der Waals surface area contributed by atoms with Gasteiger partial charge in [0.2, 0.25) is 0 Å². The lowest BCUT2D eigenvalue weighted by molar-refractivity contribution is 0.0600. The Bertz CT molecular complexity index is 1180. The van der Waals surface area contributed by atoms with Crippen LogP contribution in [0.5, 0.6) is 5.75 Å². The fourth-order valence-electron chi connectivity index (χ4n) is 3.03. The minimum Gasteiger partial charge on any atom is -0.497 e. The molecule has 0 aliphatic carbocycles. The molecular formula is C21H17N3O4. The van der Waals surface area contributed by atoms with Gasteiger partial charge in [-0.25, -0.2) is 4.79 Å². The highest BCUT2D eigenvalue weighted by atomic mass is 16.5. The van der Waals surface area contributed by atoms with Crippen molar-refractivity contribution in [2.45, 2.75) is 0 Å². The zero-order chi connectivity index (χ0) is 19.7. The van der Waals surface area contributed by atoms with Crippen molar-refractivity contribution in [2.24, 2.45) is 0 Å². The standard InChI is InChI=1S/C21H17N3O4/c1-27-16-10-6-9-15(11-16)23-12-17-19(18(13-23)21(26)28-2)22-24(20(17)25)14-7-4-3-5-8-14/h3-13H,1-2H3. The molecule has 2 aromatic carbocycles. The van der Waals surface area contributed by atoms with Crippen LogP contribution < -0.4 is 10.3 Å². The Morgan fingerprint density at radius 1 is 0.964 bits per heavy atom. The summed E-state index contributed by atoms with van der Waals surface area (Å²) in [6, 6.07) is 16.3. The minimum absolute atomic E-state index is 0.203. The number of pyridine rings is 1. The van der Waals surface area contributed by atoms with Crippen LogP contribution in [0.3, 0.4) is 0 Å². The molecule has 0 saturated heterocycles. The summed E-state index contributed by atoms with van der Waals surface area (Å²) >= 11 is 0. The number of nitrogens with zero attached hydrogens (tertiary/aromatic N) is 3. The molecule has 2 heterocycles. The average Bonchev–Trinajstić information content (AvgIpc) is 3.09. The molecule has 0 saturated carbocycles. The molecule has 0 radical (unpaired) electrons. The molecule has 0 aromatic heterocycles. The van der Waals surface area contributed by atoms with E-state index in [0.29, 0.717) is 22.7 Å². The summed E-state index contributed by atoms with van der Waals surface area (Å²) in [4.78, 5) is 25.4. The third-order valence-electron chi connectivity index (χ3n) is 4.43. The number of carbonyl (C=O) groups excluding carboxylic acids is 1. The van der Waals surface area contributed by atoms with Crippen LogP contribution in [0.25, 0.3) is 22.6 Å². The van der Waals surface area contributed by atoms with E-state index in [1.807, 2.05) is 36.4 Å². The van der Waals surface area contributed by atoms with E-state index in [0.717, 1.165) is 5.69 Å². The third kappa shape index (κ3) is 2.92. The number of rotatable bonds is 4. The quantitative estimate of drug-likeness (QED) is 0.513. The second kappa shape index (κ2) is 7.03. The molecule has 2 aliphatic heterocycles. The number of esters is 1. The van der Waals surface area contributed by atoms with Crippen LogP contribution >= 0.6 is 0 Å². The maximum absolute atomic E-state index is 13.0. The first-order chi connectivity index (χ1) is 13.6. The third-order valence-corrected chi connectivity index (χ3v) is 4.43. The highest BCUT2D eigenvalue weighted by molar-refractivity contribution is 5.96. The van der Waals surface area contributed by atoms with Crippen molar-refractivity contribution < 1.29 is 14.3 Å². The predicted molar refractivity (Wildman–Crippen MR) is 104 cm³/mol. The van der Waals surface area contributed by atoms with E-state index in [2.05, 4.69) is 5.10 Å². The van der Waals surface area contributed by atoms with E-state index < -0.39 is 5.97 Å². The van der Waals surface area contributed by atoms with Gasteiger partial charge in [-0.15, -0.1) is 0 Å². The van der Waals surface area contributed by atoms with Gasteiger partial charge in [0.15, 0.2) is 0 Å². The van der Waals surface area contributed by atoms with Crippen molar-refractivity contribution in [3.05, 3.63) is 82.9 Å². The lowest BCUT2D eigenvalue weighted by Gasteiger charge is -2.12. The highest BCUT2D eigenvalue weighted by Gasteiger charge is 2.25. The Hall–Kier alpha value is -3.87. The van der Waals surface area contributed by atoms with Gasteiger partial charge in [-0.2, -0.15) is 9.78 Å². The summed E-state index contributed by atoms with van der Waals surface area (Å²) in [5.41, 5.74) is 1.85. The first-order valence-corrected chi connectivity index (χ1v) is 8.55. The molecule has 0 amide bonds. The number of para-hydroxylation sites is 1. The van der Waals surface area contributed by atoms with Crippen LogP contribution in [-0.2, 0) is 4.74 Å². The summed E-state index contributed by atoms with van der Waals surface area (Å²) in [5, 5.41) is 4.39. The maximum Gasteiger partial charge on any atom is 0.341 e. The summed E-state index contributed by atoms with van der Waals surface area (Å²) < 4.78 is 13.1. The van der Waals surface area contributed by atoms with Crippen molar-refractivity contribution in [3.8, 4) is 28.4 Å². The van der Waals surface area contributed by atoms with Gasteiger partial charge < -0.3 is 14.0 Å². The van der Waals surface area contributed by atoms with Gasteiger partial charge >= 0.3 is 5.97 Å². The Balaban J connectivity index is 1.99. The van der Waals surface area contributed by atoms with E-state index in [4.69, 9.17) is 9.47 Å². The fraction of sp³-hybridized carbons (Fsp3) is 0.0952. The number of fused-ring (bicyclic) bond motifs is 1. The molecule has 7 heteroatoms. The average molecular weight is 375 g/mol. The number of hydrogen-bond acceptors (Lipinski definition) is 5. The molecule has 0 spiro atoms. The first kappa shape index (κ1) is 17.5. The van der Waals surface area contributed by atoms with E-state index in [1.165, 1.54) is 11.8 Å². The Labute approximate surface area is 160 Å². The monoisotopic (exact) mass is 375 g/mol. The molecule has 0 fully saturated rings. The largest absolute Gasteiger partial charge is 0.497 e. The number of aromatic nitrogens is 3.